The molecule has 1 aromatic rings. The molecule has 1 heterocycles. The summed E-state index contributed by atoms with van der Waals surface area (Å²) in [6.45, 7) is 0.692. The van der Waals surface area contributed by atoms with Crippen LogP contribution in [-0.2, 0) is 11.2 Å². The fraction of sp³-hybridized carbons (Fsp3) is 0.591. The molecule has 2 N–H and O–H groups in total. The third-order valence-corrected chi connectivity index (χ3v) is 6.14. The molecule has 2 unspecified atom stereocenters. The number of aliphatic hydroxyl groups excluding tert-OH is 2. The highest BCUT2D eigenvalue weighted by molar-refractivity contribution is 5.31. The molecule has 3 aliphatic carbocycles. The molecule has 0 saturated carbocycles. The lowest BCUT2D eigenvalue weighted by atomic mass is 9.84. The summed E-state index contributed by atoms with van der Waals surface area (Å²) in [7, 11) is 0. The molecule has 0 aliphatic heterocycles. The van der Waals surface area contributed by atoms with E-state index in [1.54, 1.807) is 12.3 Å². The summed E-state index contributed by atoms with van der Waals surface area (Å²) in [5, 5.41) is 20.2. The highest BCUT2D eigenvalue weighted by atomic mass is 16.5. The number of fused-ring (bicyclic) bond motifs is 1. The van der Waals surface area contributed by atoms with Crippen molar-refractivity contribution in [2.24, 2.45) is 5.92 Å². The normalized spacial score (nSPS) is 30.6. The predicted octanol–water partition coefficient (Wildman–Crippen LogP) is 4.07. The minimum absolute atomic E-state index is 0.0444. The lowest BCUT2D eigenvalue weighted by Gasteiger charge is -2.29. The van der Waals surface area contributed by atoms with Gasteiger partial charge >= 0.3 is 0 Å². The van der Waals surface area contributed by atoms with Gasteiger partial charge in [-0.1, -0.05) is 12.2 Å². The zero-order valence-corrected chi connectivity index (χ0v) is 15.6. The first-order valence-electron chi connectivity index (χ1n) is 10.1. The van der Waals surface area contributed by atoms with Crippen molar-refractivity contribution in [3.05, 3.63) is 57.4 Å². The van der Waals surface area contributed by atoms with E-state index in [9.17, 15) is 15.0 Å². The molecule has 5 nitrogen and oxygen atoms in total. The van der Waals surface area contributed by atoms with Crippen molar-refractivity contribution in [3.8, 4) is 0 Å². The molecule has 0 amide bonds. The standard InChI is InChI=1S/C22H28O5/c23-16-8-6-15(7-9-16)18-13-27-20-11-17(10-19(24)21(20)22(18)25)26-12-14-4-2-1-3-5-14/h1-2,8,13-15,17,19,23-24H,3-7,9-12H2/t14-,15?,17?,19-/m0/s1. The van der Waals surface area contributed by atoms with Crippen molar-refractivity contribution in [1.29, 1.82) is 0 Å². The average molecular weight is 372 g/mol. The van der Waals surface area contributed by atoms with Gasteiger partial charge in [0.1, 0.15) is 5.76 Å². The molecule has 4 atom stereocenters. The quantitative estimate of drug-likeness (QED) is 0.779. The molecule has 4 rings (SSSR count). The first-order valence-corrected chi connectivity index (χ1v) is 10.1. The van der Waals surface area contributed by atoms with Crippen molar-refractivity contribution in [2.45, 2.75) is 69.5 Å². The minimum Gasteiger partial charge on any atom is -0.513 e. The first-order chi connectivity index (χ1) is 13.1. The molecule has 3 aliphatic rings. The molecule has 0 spiro atoms. The van der Waals surface area contributed by atoms with Crippen LogP contribution in [-0.4, -0.2) is 22.9 Å². The number of aliphatic hydroxyl groups is 2. The Bertz CT molecular complexity index is 790. The second-order valence-electron chi connectivity index (χ2n) is 8.09. The van der Waals surface area contributed by atoms with Gasteiger partial charge in [-0.3, -0.25) is 4.79 Å². The fourth-order valence-corrected chi connectivity index (χ4v) is 4.48. The Morgan fingerprint density at radius 3 is 2.85 bits per heavy atom. The number of hydrogen-bond acceptors (Lipinski definition) is 5. The van der Waals surface area contributed by atoms with E-state index in [0.717, 1.165) is 25.7 Å². The lowest BCUT2D eigenvalue weighted by Crippen LogP contribution is -2.33. The van der Waals surface area contributed by atoms with Crippen molar-refractivity contribution in [1.82, 2.24) is 0 Å². The summed E-state index contributed by atoms with van der Waals surface area (Å²) in [5.41, 5.74) is 0.927. The molecule has 0 aromatic carbocycles. The Hall–Kier alpha value is -1.85. The second kappa shape index (κ2) is 8.03. The van der Waals surface area contributed by atoms with Gasteiger partial charge < -0.3 is 19.4 Å². The smallest absolute Gasteiger partial charge is 0.194 e. The van der Waals surface area contributed by atoms with Crippen molar-refractivity contribution < 1.29 is 19.4 Å². The van der Waals surface area contributed by atoms with E-state index in [1.807, 2.05) is 0 Å². The van der Waals surface area contributed by atoms with Gasteiger partial charge in [-0.05, 0) is 50.0 Å². The van der Waals surface area contributed by atoms with Gasteiger partial charge in [0.2, 0.25) is 0 Å². The molecule has 5 heteroatoms. The Kier molecular flexibility index (Phi) is 5.50. The van der Waals surface area contributed by atoms with Crippen LogP contribution in [0.15, 0.2) is 39.5 Å². The van der Waals surface area contributed by atoms with Crippen LogP contribution < -0.4 is 5.43 Å². The van der Waals surface area contributed by atoms with Gasteiger partial charge in [-0.2, -0.15) is 0 Å². The Morgan fingerprint density at radius 2 is 2.11 bits per heavy atom. The lowest BCUT2D eigenvalue weighted by molar-refractivity contribution is -0.0168. The molecule has 27 heavy (non-hydrogen) atoms. The van der Waals surface area contributed by atoms with Crippen LogP contribution in [0.3, 0.4) is 0 Å². The van der Waals surface area contributed by atoms with E-state index in [0.29, 0.717) is 60.9 Å². The van der Waals surface area contributed by atoms with Gasteiger partial charge in [0.15, 0.2) is 5.43 Å². The maximum Gasteiger partial charge on any atom is 0.194 e. The van der Waals surface area contributed by atoms with Crippen LogP contribution in [0.4, 0.5) is 0 Å². The minimum atomic E-state index is -0.839. The van der Waals surface area contributed by atoms with E-state index in [1.165, 1.54) is 0 Å². The SMILES string of the molecule is O=c1c(C2CC=C(O)CC2)coc2c1[C@@H](O)CC(OC[C@H]1CC=CCC1)C2. The largest absolute Gasteiger partial charge is 0.513 e. The summed E-state index contributed by atoms with van der Waals surface area (Å²) in [6, 6.07) is 0. The van der Waals surface area contributed by atoms with Crippen molar-refractivity contribution >= 4 is 0 Å². The Morgan fingerprint density at radius 1 is 1.22 bits per heavy atom. The topological polar surface area (TPSA) is 79.9 Å². The van der Waals surface area contributed by atoms with Crippen LogP contribution in [0.1, 0.15) is 73.9 Å². The zero-order valence-electron chi connectivity index (χ0n) is 15.6. The zero-order chi connectivity index (χ0) is 18.8. The van der Waals surface area contributed by atoms with Gasteiger partial charge in [-0.15, -0.1) is 0 Å². The third-order valence-electron chi connectivity index (χ3n) is 6.14. The van der Waals surface area contributed by atoms with Gasteiger partial charge in [0, 0.05) is 24.8 Å². The van der Waals surface area contributed by atoms with Crippen LogP contribution in [0, 0.1) is 5.92 Å². The summed E-state index contributed by atoms with van der Waals surface area (Å²) >= 11 is 0. The molecule has 0 saturated heterocycles. The van der Waals surface area contributed by atoms with Gasteiger partial charge in [-0.25, -0.2) is 0 Å². The van der Waals surface area contributed by atoms with Crippen LogP contribution in [0.5, 0.6) is 0 Å². The summed E-state index contributed by atoms with van der Waals surface area (Å²) in [5.74, 6) is 1.54. The number of ether oxygens (including phenoxy) is 1. The fourth-order valence-electron chi connectivity index (χ4n) is 4.48. The Balaban J connectivity index is 1.46. The second-order valence-corrected chi connectivity index (χ2v) is 8.09. The van der Waals surface area contributed by atoms with Crippen LogP contribution in [0.2, 0.25) is 0 Å². The molecule has 0 radical (unpaired) electrons. The third kappa shape index (κ3) is 4.04. The molecule has 146 valence electrons. The Labute approximate surface area is 159 Å². The number of hydrogen-bond donors (Lipinski definition) is 2. The monoisotopic (exact) mass is 372 g/mol. The van der Waals surface area contributed by atoms with Crippen molar-refractivity contribution in [2.75, 3.05) is 6.61 Å². The van der Waals surface area contributed by atoms with Crippen LogP contribution >= 0.6 is 0 Å². The average Bonchev–Trinajstić information content (AvgIpc) is 2.68. The van der Waals surface area contributed by atoms with Crippen LogP contribution in [0.25, 0.3) is 0 Å². The predicted molar refractivity (Wildman–Crippen MR) is 102 cm³/mol. The van der Waals surface area contributed by atoms with E-state index < -0.39 is 6.10 Å². The van der Waals surface area contributed by atoms with Gasteiger partial charge in [0.25, 0.3) is 0 Å². The van der Waals surface area contributed by atoms with Crippen molar-refractivity contribution in [3.63, 3.8) is 0 Å². The molecular weight excluding hydrogens is 344 g/mol. The maximum atomic E-state index is 13.0. The molecule has 0 bridgehead atoms. The highest BCUT2D eigenvalue weighted by Crippen LogP contribution is 2.34. The molecule has 1 aromatic heterocycles. The summed E-state index contributed by atoms with van der Waals surface area (Å²) < 4.78 is 11.9. The molecular formula is C22H28O5. The number of rotatable bonds is 4. The first kappa shape index (κ1) is 18.5. The van der Waals surface area contributed by atoms with E-state index >= 15 is 0 Å². The maximum absolute atomic E-state index is 13.0. The van der Waals surface area contributed by atoms with E-state index in [4.69, 9.17) is 9.15 Å². The van der Waals surface area contributed by atoms with E-state index in [-0.39, 0.29) is 17.5 Å². The summed E-state index contributed by atoms with van der Waals surface area (Å²) in [6.07, 6.45) is 13.0. The molecule has 0 fully saturated rings. The van der Waals surface area contributed by atoms with E-state index in [2.05, 4.69) is 12.2 Å². The summed E-state index contributed by atoms with van der Waals surface area (Å²) in [4.78, 5) is 13.0. The highest BCUT2D eigenvalue weighted by Gasteiger charge is 2.33. The van der Waals surface area contributed by atoms with Gasteiger partial charge in [0.05, 0.1) is 36.4 Å². The number of allylic oxidation sites excluding steroid dienone is 4.